The van der Waals surface area contributed by atoms with E-state index in [-0.39, 0.29) is 11.7 Å². The highest BCUT2D eigenvalue weighted by Gasteiger charge is 2.14. The van der Waals surface area contributed by atoms with Gasteiger partial charge in [-0.05, 0) is 92.9 Å². The number of anilines is 1. The molecule has 3 heterocycles. The van der Waals surface area contributed by atoms with Gasteiger partial charge in [-0.15, -0.1) is 11.3 Å². The third-order valence-corrected chi connectivity index (χ3v) is 7.64. The lowest BCUT2D eigenvalue weighted by Crippen LogP contribution is -2.18. The van der Waals surface area contributed by atoms with Crippen molar-refractivity contribution in [3.63, 3.8) is 0 Å². The number of carbonyl (C=O) groups is 2. The molecule has 4 aromatic rings. The van der Waals surface area contributed by atoms with E-state index in [1.165, 1.54) is 29.7 Å². The number of ketones is 1. The number of fused-ring (bicyclic) bond motifs is 1. The van der Waals surface area contributed by atoms with Gasteiger partial charge in [-0.1, -0.05) is 18.2 Å². The Kier molecular flexibility index (Phi) is 6.26. The minimum Gasteiger partial charge on any atom is -0.322 e. The molecule has 0 aliphatic carbocycles. The number of likely N-dealkylation sites (tertiary alicyclic amines) is 1. The molecular formula is C28H27N3O2S. The van der Waals surface area contributed by atoms with Gasteiger partial charge in [-0.25, -0.2) is 0 Å². The highest BCUT2D eigenvalue weighted by molar-refractivity contribution is 7.17. The number of rotatable bonds is 6. The van der Waals surface area contributed by atoms with E-state index in [1.807, 2.05) is 61.7 Å². The van der Waals surface area contributed by atoms with Gasteiger partial charge in [-0.3, -0.25) is 19.5 Å². The number of aromatic nitrogens is 1. The predicted molar refractivity (Wildman–Crippen MR) is 139 cm³/mol. The topological polar surface area (TPSA) is 62.3 Å². The van der Waals surface area contributed by atoms with E-state index < -0.39 is 0 Å². The van der Waals surface area contributed by atoms with E-state index in [2.05, 4.69) is 16.3 Å². The molecule has 6 heteroatoms. The molecule has 2 aromatic heterocycles. The average Bonchev–Trinajstić information content (AvgIpc) is 3.54. The summed E-state index contributed by atoms with van der Waals surface area (Å²) in [6, 6.07) is 17.5. The fraction of sp³-hybridized carbons (Fsp3) is 0.250. The Morgan fingerprint density at radius 2 is 1.79 bits per heavy atom. The van der Waals surface area contributed by atoms with Gasteiger partial charge in [0.05, 0.1) is 10.4 Å². The predicted octanol–water partition coefficient (Wildman–Crippen LogP) is 6.32. The molecule has 0 atom stereocenters. The number of hydrogen-bond acceptors (Lipinski definition) is 5. The quantitative estimate of drug-likeness (QED) is 0.336. The second-order valence-electron chi connectivity index (χ2n) is 8.89. The first-order chi connectivity index (χ1) is 16.5. The fourth-order valence-corrected chi connectivity index (χ4v) is 5.38. The number of carbonyl (C=O) groups excluding carboxylic acids is 2. The molecule has 0 saturated carbocycles. The van der Waals surface area contributed by atoms with Crippen LogP contribution in [0.1, 0.15) is 50.9 Å². The van der Waals surface area contributed by atoms with Crippen molar-refractivity contribution in [1.82, 2.24) is 9.88 Å². The van der Waals surface area contributed by atoms with Crippen molar-refractivity contribution in [1.29, 1.82) is 0 Å². The van der Waals surface area contributed by atoms with Crippen LogP contribution in [0.4, 0.5) is 5.69 Å². The first-order valence-corrected chi connectivity index (χ1v) is 12.4. The lowest BCUT2D eigenvalue weighted by molar-refractivity contribution is 0.101. The molecule has 0 bridgehead atoms. The standard InChI is InChI=1S/C28H27N3O2S/c1-18-24(10-9-23-15-20(16-29-27(18)23)17-31-13-3-4-14-31)30-28(33)22-7-5-21(6-8-22)26-12-11-25(34-26)19(2)32/h5-12,15-16H,3-4,13-14,17H2,1-2H3,(H,30,33). The number of aryl methyl sites for hydroxylation is 1. The summed E-state index contributed by atoms with van der Waals surface area (Å²) >= 11 is 1.46. The van der Waals surface area contributed by atoms with Gasteiger partial charge in [0.25, 0.3) is 5.91 Å². The van der Waals surface area contributed by atoms with Crippen molar-refractivity contribution in [3.05, 3.63) is 82.4 Å². The number of nitrogens with zero attached hydrogens (tertiary/aromatic N) is 2. The number of benzene rings is 2. The molecule has 2 aromatic carbocycles. The SMILES string of the molecule is CC(=O)c1ccc(-c2ccc(C(=O)Nc3ccc4cc(CN5CCCC5)cnc4c3C)cc2)s1. The second-order valence-corrected chi connectivity index (χ2v) is 9.97. The van der Waals surface area contributed by atoms with Crippen LogP contribution >= 0.6 is 11.3 Å². The molecule has 1 N–H and O–H groups in total. The van der Waals surface area contributed by atoms with Gasteiger partial charge in [-0.2, -0.15) is 0 Å². The van der Waals surface area contributed by atoms with Crippen molar-refractivity contribution in [3.8, 4) is 10.4 Å². The molecule has 1 aliphatic heterocycles. The van der Waals surface area contributed by atoms with E-state index >= 15 is 0 Å². The van der Waals surface area contributed by atoms with E-state index in [4.69, 9.17) is 4.98 Å². The molecule has 0 spiro atoms. The van der Waals surface area contributed by atoms with Crippen LogP contribution in [0.5, 0.6) is 0 Å². The lowest BCUT2D eigenvalue weighted by Gasteiger charge is -2.15. The van der Waals surface area contributed by atoms with Crippen molar-refractivity contribution >= 4 is 39.6 Å². The molecule has 1 saturated heterocycles. The van der Waals surface area contributed by atoms with Crippen LogP contribution in [-0.4, -0.2) is 34.7 Å². The van der Waals surface area contributed by atoms with Crippen molar-refractivity contribution < 1.29 is 9.59 Å². The summed E-state index contributed by atoms with van der Waals surface area (Å²) in [7, 11) is 0. The van der Waals surface area contributed by atoms with E-state index in [9.17, 15) is 9.59 Å². The van der Waals surface area contributed by atoms with E-state index in [0.717, 1.165) is 57.1 Å². The Labute approximate surface area is 203 Å². The third kappa shape index (κ3) is 4.65. The number of thiophene rings is 1. The molecule has 1 fully saturated rings. The largest absolute Gasteiger partial charge is 0.322 e. The fourth-order valence-electron chi connectivity index (χ4n) is 4.48. The monoisotopic (exact) mass is 469 g/mol. The van der Waals surface area contributed by atoms with Crippen LogP contribution in [0.25, 0.3) is 21.3 Å². The zero-order chi connectivity index (χ0) is 23.7. The van der Waals surface area contributed by atoms with Crippen LogP contribution in [0.2, 0.25) is 0 Å². The molecule has 0 unspecified atom stereocenters. The van der Waals surface area contributed by atoms with Crippen LogP contribution in [0.15, 0.2) is 60.8 Å². The summed E-state index contributed by atoms with van der Waals surface area (Å²) in [5.41, 5.74) is 5.45. The zero-order valence-electron chi connectivity index (χ0n) is 19.4. The average molecular weight is 470 g/mol. The van der Waals surface area contributed by atoms with E-state index in [0.29, 0.717) is 5.56 Å². The summed E-state index contributed by atoms with van der Waals surface area (Å²) in [6.45, 7) is 6.84. The van der Waals surface area contributed by atoms with Crippen LogP contribution in [0, 0.1) is 6.92 Å². The number of amides is 1. The molecule has 5 nitrogen and oxygen atoms in total. The molecule has 172 valence electrons. The minimum atomic E-state index is -0.157. The summed E-state index contributed by atoms with van der Waals surface area (Å²) in [6.07, 6.45) is 4.52. The highest BCUT2D eigenvalue weighted by atomic mass is 32.1. The Morgan fingerprint density at radius 3 is 2.50 bits per heavy atom. The first kappa shape index (κ1) is 22.4. The maximum Gasteiger partial charge on any atom is 0.255 e. The minimum absolute atomic E-state index is 0.0651. The van der Waals surface area contributed by atoms with Crippen LogP contribution in [0.3, 0.4) is 0 Å². The van der Waals surface area contributed by atoms with Crippen LogP contribution < -0.4 is 5.32 Å². The Hall–Kier alpha value is -3.35. The third-order valence-electron chi connectivity index (χ3n) is 6.40. The van der Waals surface area contributed by atoms with Crippen molar-refractivity contribution in [2.75, 3.05) is 18.4 Å². The molecule has 1 aliphatic rings. The molecular weight excluding hydrogens is 442 g/mol. The Morgan fingerprint density at radius 1 is 1.03 bits per heavy atom. The van der Waals surface area contributed by atoms with Gasteiger partial charge >= 0.3 is 0 Å². The summed E-state index contributed by atoms with van der Waals surface area (Å²) in [5.74, 6) is -0.0921. The number of pyridine rings is 1. The summed E-state index contributed by atoms with van der Waals surface area (Å²) in [4.78, 5) is 33.4. The maximum absolute atomic E-state index is 12.9. The number of Topliss-reactive ketones (excluding diaryl/α,β-unsaturated/α-hetero) is 1. The first-order valence-electron chi connectivity index (χ1n) is 11.6. The normalized spacial score (nSPS) is 13.9. The highest BCUT2D eigenvalue weighted by Crippen LogP contribution is 2.29. The molecule has 0 radical (unpaired) electrons. The van der Waals surface area contributed by atoms with Crippen molar-refractivity contribution in [2.24, 2.45) is 0 Å². The number of hydrogen-bond donors (Lipinski definition) is 1. The Bertz CT molecular complexity index is 1370. The van der Waals surface area contributed by atoms with Crippen LogP contribution in [-0.2, 0) is 6.54 Å². The summed E-state index contributed by atoms with van der Waals surface area (Å²) in [5, 5.41) is 4.14. The second kappa shape index (κ2) is 9.49. The van der Waals surface area contributed by atoms with Crippen molar-refractivity contribution in [2.45, 2.75) is 33.2 Å². The Balaban J connectivity index is 1.31. The summed E-state index contributed by atoms with van der Waals surface area (Å²) < 4.78 is 0. The zero-order valence-corrected chi connectivity index (χ0v) is 20.2. The van der Waals surface area contributed by atoms with Gasteiger partial charge < -0.3 is 5.32 Å². The maximum atomic E-state index is 12.9. The number of nitrogens with one attached hydrogen (secondary N) is 1. The molecule has 34 heavy (non-hydrogen) atoms. The van der Waals surface area contributed by atoms with Gasteiger partial charge in [0.2, 0.25) is 0 Å². The van der Waals surface area contributed by atoms with Gasteiger partial charge in [0, 0.05) is 34.3 Å². The molecule has 5 rings (SSSR count). The van der Waals surface area contributed by atoms with Gasteiger partial charge in [0.1, 0.15) is 0 Å². The van der Waals surface area contributed by atoms with Gasteiger partial charge in [0.15, 0.2) is 5.78 Å². The molecule has 1 amide bonds. The van der Waals surface area contributed by atoms with E-state index in [1.54, 1.807) is 6.92 Å². The smallest absolute Gasteiger partial charge is 0.255 e. The lowest BCUT2D eigenvalue weighted by atomic mass is 10.1.